The minimum Gasteiger partial charge on any atom is -0.870 e. The van der Waals surface area contributed by atoms with Gasteiger partial charge in [-0.1, -0.05) is 52.0 Å². The number of carboxylic acids is 1. The van der Waals surface area contributed by atoms with E-state index in [-0.39, 0.29) is 64.8 Å². The normalized spacial score (nSPS) is 15.3. The number of rotatable bonds is 12. The van der Waals surface area contributed by atoms with Crippen LogP contribution in [0.2, 0.25) is 0 Å². The molecule has 2 aliphatic heterocycles. The largest absolute Gasteiger partial charge is 1.00 e. The van der Waals surface area contributed by atoms with E-state index in [1.54, 1.807) is 91.5 Å². The first-order chi connectivity index (χ1) is 37.7. The minimum atomic E-state index is -1.26. The second kappa shape index (κ2) is 27.1. The van der Waals surface area contributed by atoms with Crippen LogP contribution in [0.25, 0.3) is 22.5 Å². The van der Waals surface area contributed by atoms with Crippen molar-refractivity contribution in [1.29, 1.82) is 0 Å². The molecule has 0 saturated carbocycles. The van der Waals surface area contributed by atoms with Crippen LogP contribution in [0, 0.1) is 0 Å². The van der Waals surface area contributed by atoms with Crippen LogP contribution in [0.3, 0.4) is 0 Å². The number of aromatic carboxylic acids is 1. The van der Waals surface area contributed by atoms with Gasteiger partial charge in [-0.15, -0.1) is 0 Å². The zero-order chi connectivity index (χ0) is 58.4. The van der Waals surface area contributed by atoms with Gasteiger partial charge in [-0.3, -0.25) is 24.2 Å². The first kappa shape index (κ1) is 64.8. The number of nitrogens with zero attached hydrogens (tertiary/aromatic N) is 8. The van der Waals surface area contributed by atoms with Crippen molar-refractivity contribution in [2.75, 3.05) is 35.4 Å². The van der Waals surface area contributed by atoms with Crippen LogP contribution in [0.15, 0.2) is 85.2 Å². The molecular weight excluding hydrogens is 1040 g/mol. The number of nitrogens with two attached hydrogens (primary N) is 2. The zero-order valence-electron chi connectivity index (χ0n) is 48.9. The van der Waals surface area contributed by atoms with Gasteiger partial charge >= 0.3 is 37.0 Å². The Labute approximate surface area is 490 Å². The van der Waals surface area contributed by atoms with E-state index < -0.39 is 41.4 Å². The number of benzene rings is 2. The van der Waals surface area contributed by atoms with Gasteiger partial charge in [0.2, 0.25) is 0 Å². The number of ether oxygens (including phenoxy) is 2. The van der Waals surface area contributed by atoms with Crippen molar-refractivity contribution < 1.29 is 67.7 Å². The summed E-state index contributed by atoms with van der Waals surface area (Å²) in [5.74, 6) is 12.8. The topological polar surface area (TPSA) is 315 Å². The molecule has 82 heavy (non-hydrogen) atoms. The first-order valence-electron chi connectivity index (χ1n) is 27.0. The molecule has 6 aromatic rings. The molecule has 22 nitrogen and oxygen atoms in total. The number of anilines is 2. The van der Waals surface area contributed by atoms with E-state index in [1.165, 1.54) is 11.6 Å². The Morgan fingerprint density at radius 3 is 1.30 bits per heavy atom. The smallest absolute Gasteiger partial charge is 0.870 e. The average molecular weight is 1120 g/mol. The monoisotopic (exact) mass is 1120 g/mol. The predicted octanol–water partition coefficient (Wildman–Crippen LogP) is 7.72. The fourth-order valence-electron chi connectivity index (χ4n) is 9.48. The standard InChI is InChI=1S/C30H38N6O4.C29H36N6O5.Li.H2O/c1-18(2)22-14-15-32-24(17-22)33-28(38)21-12-10-20(11-13-21)25-26(19(3)37)36(31)27(34-25)23-9-7-8-16-35(23)29(39)40-30(4,5)6;1-17(2)20-13-14-31-22(16-20)32-26(36)19-11-9-18(10-12-19)23-24(27(37)38)35(30)25(33-23)21-8-6-7-15-34(21)28(39)40-29(3,4)5;;/h10-15,17-18,23H,7-9,16,31H2,1-6H3,(H,32,33,38);9-14,16-17,21H,6-8,15,30H2,1-5H3,(H,37,38)(H,31,32,36);;1H2/q;;+1;/p-1/t23-;21-;;/m00../s1. The number of nitrogens with one attached hydrogen (secondary N) is 2. The van der Waals surface area contributed by atoms with Crippen molar-refractivity contribution >= 4 is 47.4 Å². The number of ketones is 1. The first-order valence-corrected chi connectivity index (χ1v) is 27.0. The molecule has 0 radical (unpaired) electrons. The van der Waals surface area contributed by atoms with E-state index in [9.17, 15) is 33.9 Å². The number of amides is 4. The van der Waals surface area contributed by atoms with Gasteiger partial charge in [0.15, 0.2) is 23.1 Å². The predicted molar refractivity (Wildman–Crippen MR) is 306 cm³/mol. The Balaban J connectivity index is 0.000000293. The summed E-state index contributed by atoms with van der Waals surface area (Å²) in [7, 11) is 0. The van der Waals surface area contributed by atoms with Crippen molar-refractivity contribution in [2.45, 2.75) is 150 Å². The second-order valence-corrected chi connectivity index (χ2v) is 22.6. The van der Waals surface area contributed by atoms with Gasteiger partial charge < -0.3 is 42.4 Å². The third-order valence-electron chi connectivity index (χ3n) is 13.5. The van der Waals surface area contributed by atoms with E-state index in [1.807, 2.05) is 45.0 Å². The quantitative estimate of drug-likeness (QED) is 0.0445. The van der Waals surface area contributed by atoms with Crippen molar-refractivity contribution in [1.82, 2.24) is 39.1 Å². The molecule has 0 bridgehead atoms. The number of Topliss-reactive ketones (excluding diaryl/α,β-unsaturated/α-hetero) is 1. The number of carboxylic acid groups (broad SMARTS) is 1. The van der Waals surface area contributed by atoms with E-state index >= 15 is 0 Å². The average Bonchev–Trinajstić information content (AvgIpc) is 4.06. The fourth-order valence-corrected chi connectivity index (χ4v) is 9.48. The molecule has 2 atom stereocenters. The molecule has 2 saturated heterocycles. The van der Waals surface area contributed by atoms with Gasteiger partial charge in [-0.05, 0) is 152 Å². The molecule has 0 unspecified atom stereocenters. The van der Waals surface area contributed by atoms with Gasteiger partial charge in [0.05, 0.1) is 12.1 Å². The molecule has 8 N–H and O–H groups in total. The SMILES string of the molecule is CC(=O)c1c(-c2ccc(C(=O)Nc3cc(C(C)C)ccn3)cc2)nc([C@@H]2CCCCN2C(=O)OC(C)(C)C)n1N.CC(C)c1ccnc(NC(=O)c2ccc(-c3nc([C@@H]4CCCCN4C(=O)OC(C)(C)C)n(N)c3C(=O)O)cc2)c1.[Li+].[OH-]. The van der Waals surface area contributed by atoms with Crippen LogP contribution < -0.4 is 41.2 Å². The van der Waals surface area contributed by atoms with Crippen molar-refractivity contribution in [3.8, 4) is 22.5 Å². The van der Waals surface area contributed by atoms with Gasteiger partial charge in [-0.2, -0.15) is 0 Å². The Morgan fingerprint density at radius 1 is 0.598 bits per heavy atom. The summed E-state index contributed by atoms with van der Waals surface area (Å²) in [6.45, 7) is 21.5. The number of hydrogen-bond acceptors (Lipinski definition) is 15. The number of imidazole rings is 2. The number of aromatic nitrogens is 6. The third kappa shape index (κ3) is 15.7. The van der Waals surface area contributed by atoms with Crippen LogP contribution in [0.5, 0.6) is 0 Å². The molecule has 0 aliphatic carbocycles. The number of piperidine rings is 2. The molecule has 2 aliphatic rings. The van der Waals surface area contributed by atoms with Crippen LogP contribution in [-0.2, 0) is 9.47 Å². The summed E-state index contributed by atoms with van der Waals surface area (Å²) < 4.78 is 13.6. The van der Waals surface area contributed by atoms with Gasteiger partial charge in [0.25, 0.3) is 11.8 Å². The Kier molecular flexibility index (Phi) is 21.4. The number of carbonyl (C=O) groups is 6. The number of carbonyl (C=O) groups excluding carboxylic acids is 5. The van der Waals surface area contributed by atoms with Gasteiger partial charge in [-0.25, -0.2) is 43.7 Å². The van der Waals surface area contributed by atoms with Crippen LogP contribution >= 0.6 is 0 Å². The number of hydrogen-bond donors (Lipinski definition) is 5. The maximum atomic E-state index is 13.0. The number of likely N-dealkylation sites (tertiary alicyclic amines) is 2. The van der Waals surface area contributed by atoms with Gasteiger partial charge in [0.1, 0.15) is 39.9 Å². The molecular formula is C59H75LiN12O10. The minimum absolute atomic E-state index is 0. The molecule has 0 spiro atoms. The van der Waals surface area contributed by atoms with Crippen LogP contribution in [0.4, 0.5) is 21.2 Å². The Morgan fingerprint density at radius 2 is 0.963 bits per heavy atom. The van der Waals surface area contributed by atoms with Crippen LogP contribution in [0.1, 0.15) is 203 Å². The van der Waals surface area contributed by atoms with E-state index in [0.717, 1.165) is 41.5 Å². The summed E-state index contributed by atoms with van der Waals surface area (Å²) >= 11 is 0. The van der Waals surface area contributed by atoms with Gasteiger partial charge in [0, 0.05) is 54.7 Å². The molecule has 8 rings (SSSR count). The number of pyridine rings is 2. The second-order valence-electron chi connectivity index (χ2n) is 22.6. The summed E-state index contributed by atoms with van der Waals surface area (Å²) in [4.78, 5) is 97.7. The van der Waals surface area contributed by atoms with E-state index in [2.05, 4.69) is 53.3 Å². The summed E-state index contributed by atoms with van der Waals surface area (Å²) in [6.07, 6.45) is 6.96. The van der Waals surface area contributed by atoms with E-state index in [0.29, 0.717) is 83.2 Å². The molecule has 4 aromatic heterocycles. The Hall–Kier alpha value is -8.06. The maximum absolute atomic E-state index is 13.0. The molecule has 6 heterocycles. The Bertz CT molecular complexity index is 3040. The van der Waals surface area contributed by atoms with Crippen molar-refractivity contribution in [2.24, 2.45) is 0 Å². The van der Waals surface area contributed by atoms with Crippen molar-refractivity contribution in [3.05, 3.63) is 130 Å². The number of nitrogen functional groups attached to an aromatic ring is 2. The van der Waals surface area contributed by atoms with Crippen molar-refractivity contribution in [3.63, 3.8) is 0 Å². The molecule has 23 heteroatoms. The molecule has 2 aromatic carbocycles. The van der Waals surface area contributed by atoms with E-state index in [4.69, 9.17) is 26.1 Å². The summed E-state index contributed by atoms with van der Waals surface area (Å²) in [5.41, 5.74) is 3.28. The third-order valence-corrected chi connectivity index (χ3v) is 13.5. The molecule has 4 amide bonds. The molecule has 2 fully saturated rings. The molecule has 432 valence electrons. The maximum Gasteiger partial charge on any atom is 1.00 e. The summed E-state index contributed by atoms with van der Waals surface area (Å²) in [6, 6.07) is 19.8. The fraction of sp³-hybridized carbons (Fsp3) is 0.424. The van der Waals surface area contributed by atoms with Crippen LogP contribution in [-0.4, -0.2) is 110 Å². The summed E-state index contributed by atoms with van der Waals surface area (Å²) in [5, 5.41) is 15.6. The zero-order valence-corrected chi connectivity index (χ0v) is 48.9.